The number of rotatable bonds is 4. The van der Waals surface area contributed by atoms with Crippen molar-refractivity contribution < 1.29 is 9.28 Å². The second-order valence-corrected chi connectivity index (χ2v) is 3.91. The van der Waals surface area contributed by atoms with Crippen LogP contribution in [0.4, 0.5) is 4.48 Å². The molecule has 1 N–H and O–H groups in total. The van der Waals surface area contributed by atoms with Crippen LogP contribution in [0.15, 0.2) is 30.3 Å². The predicted octanol–water partition coefficient (Wildman–Crippen LogP) is 3.04. The van der Waals surface area contributed by atoms with Gasteiger partial charge in [-0.1, -0.05) is 48.9 Å². The molecule has 0 aromatic heterocycles. The molecule has 1 amide bonds. The van der Waals surface area contributed by atoms with Crippen LogP contribution in [0.25, 0.3) is 6.08 Å². The van der Waals surface area contributed by atoms with Gasteiger partial charge in [-0.05, 0) is 18.9 Å². The van der Waals surface area contributed by atoms with Gasteiger partial charge >= 0.3 is 0 Å². The number of amides is 1. The second-order valence-electron chi connectivity index (χ2n) is 3.91. The zero-order valence-corrected chi connectivity index (χ0v) is 9.53. The summed E-state index contributed by atoms with van der Waals surface area (Å²) in [6.07, 6.45) is 4.35. The molecule has 0 spiro atoms. The van der Waals surface area contributed by atoms with Crippen molar-refractivity contribution >= 4 is 12.0 Å². The van der Waals surface area contributed by atoms with Crippen LogP contribution in [-0.4, -0.2) is 5.91 Å². The normalized spacial score (nSPS) is 12.7. The molecule has 1 rings (SSSR count). The number of hydrogen-bond acceptors (Lipinski definition) is 1. The fourth-order valence-electron chi connectivity index (χ4n) is 1.38. The van der Waals surface area contributed by atoms with Gasteiger partial charge in [0.05, 0.1) is 0 Å². The first-order chi connectivity index (χ1) is 7.63. The summed E-state index contributed by atoms with van der Waals surface area (Å²) >= 11 is 0. The zero-order valence-electron chi connectivity index (χ0n) is 9.53. The fraction of sp³-hybridized carbons (Fsp3) is 0.308. The Bertz CT molecular complexity index is 387. The molecule has 1 aromatic rings. The summed E-state index contributed by atoms with van der Waals surface area (Å²) in [5.41, 5.74) is 3.43. The molecule has 1 atom stereocenters. The predicted molar refractivity (Wildman–Crippen MR) is 63.2 cm³/mol. The third kappa shape index (κ3) is 3.85. The number of hydrogen-bond donors (Lipinski definition) is 1. The van der Waals surface area contributed by atoms with Gasteiger partial charge in [0, 0.05) is 5.92 Å². The second kappa shape index (κ2) is 6.05. The molecule has 86 valence electrons. The lowest BCUT2D eigenvalue weighted by molar-refractivity contribution is -0.128. The third-order valence-corrected chi connectivity index (χ3v) is 2.38. The molecule has 0 unspecified atom stereocenters. The van der Waals surface area contributed by atoms with Gasteiger partial charge in [0.1, 0.15) is 0 Å². The maximum absolute atomic E-state index is 11.8. The van der Waals surface area contributed by atoms with Crippen molar-refractivity contribution in [3.05, 3.63) is 41.5 Å². The molecule has 0 radical (unpaired) electrons. The zero-order chi connectivity index (χ0) is 12.0. The highest BCUT2D eigenvalue weighted by molar-refractivity contribution is 5.77. The van der Waals surface area contributed by atoms with Crippen molar-refractivity contribution in [3.63, 3.8) is 0 Å². The van der Waals surface area contributed by atoms with Gasteiger partial charge in [-0.15, -0.1) is 4.48 Å². The van der Waals surface area contributed by atoms with E-state index in [0.717, 1.165) is 11.1 Å². The molecule has 0 heterocycles. The van der Waals surface area contributed by atoms with Crippen molar-refractivity contribution in [2.24, 2.45) is 5.92 Å². The molecule has 3 heteroatoms. The average Bonchev–Trinajstić information content (AvgIpc) is 2.28. The van der Waals surface area contributed by atoms with Crippen LogP contribution < -0.4 is 5.54 Å². The number of nitrogens with one attached hydrogen (secondary N) is 1. The Hall–Kier alpha value is -1.64. The Labute approximate surface area is 95.1 Å². The number of aryl methyl sites for hydroxylation is 1. The van der Waals surface area contributed by atoms with Gasteiger partial charge in [-0.25, -0.2) is 0 Å². The van der Waals surface area contributed by atoms with Crippen LogP contribution in [0.5, 0.6) is 0 Å². The minimum atomic E-state index is -0.575. The van der Waals surface area contributed by atoms with Crippen molar-refractivity contribution in [2.45, 2.75) is 20.3 Å². The third-order valence-electron chi connectivity index (χ3n) is 2.38. The number of benzene rings is 1. The molecule has 0 aliphatic rings. The van der Waals surface area contributed by atoms with E-state index in [0.29, 0.717) is 6.42 Å². The highest BCUT2D eigenvalue weighted by Gasteiger charge is 2.09. The van der Waals surface area contributed by atoms with Crippen LogP contribution >= 0.6 is 0 Å². The van der Waals surface area contributed by atoms with Gasteiger partial charge in [-0.3, -0.25) is 4.79 Å². The van der Waals surface area contributed by atoms with Gasteiger partial charge in [0.25, 0.3) is 5.91 Å². The Balaban J connectivity index is 2.52. The summed E-state index contributed by atoms with van der Waals surface area (Å²) in [4.78, 5) is 10.9. The van der Waals surface area contributed by atoms with E-state index in [2.05, 4.69) is 6.07 Å². The van der Waals surface area contributed by atoms with E-state index in [9.17, 15) is 9.28 Å². The monoisotopic (exact) mass is 221 g/mol. The summed E-state index contributed by atoms with van der Waals surface area (Å²) in [5.74, 6) is -0.917. The fourth-order valence-corrected chi connectivity index (χ4v) is 1.38. The SMILES string of the molecule is Cc1cccc(/C=C/C[C@H](C)C(=O)NF)c1. The van der Waals surface area contributed by atoms with Crippen molar-refractivity contribution in [1.29, 1.82) is 0 Å². The Morgan fingerprint density at radius 1 is 1.56 bits per heavy atom. The lowest BCUT2D eigenvalue weighted by Gasteiger charge is -2.03. The molecule has 0 bridgehead atoms. The van der Waals surface area contributed by atoms with E-state index >= 15 is 0 Å². The Morgan fingerprint density at radius 3 is 2.94 bits per heavy atom. The molecule has 16 heavy (non-hydrogen) atoms. The number of carbonyl (C=O) groups is 1. The lowest BCUT2D eigenvalue weighted by atomic mass is 10.1. The smallest absolute Gasteiger partial charge is 0.250 e. The molecule has 0 saturated heterocycles. The first-order valence-corrected chi connectivity index (χ1v) is 5.27. The molecule has 0 aliphatic carbocycles. The summed E-state index contributed by atoms with van der Waals surface area (Å²) in [7, 11) is 0. The standard InChI is InChI=1S/C13H16FNO/c1-10-5-3-7-12(9-10)8-4-6-11(2)13(16)15-14/h3-5,7-9,11H,6H2,1-2H3,(H,15,16)/b8-4+/t11-/m0/s1. The van der Waals surface area contributed by atoms with E-state index in [4.69, 9.17) is 0 Å². The highest BCUT2D eigenvalue weighted by Crippen LogP contribution is 2.09. The molecule has 0 saturated carbocycles. The van der Waals surface area contributed by atoms with Gasteiger partial charge < -0.3 is 0 Å². The van der Waals surface area contributed by atoms with Crippen LogP contribution in [0.3, 0.4) is 0 Å². The molecular formula is C13H16FNO. The van der Waals surface area contributed by atoms with E-state index in [-0.39, 0.29) is 5.92 Å². The summed E-state index contributed by atoms with van der Waals surface area (Å²) in [6.45, 7) is 3.71. The quantitative estimate of drug-likeness (QED) is 0.778. The molecule has 0 fully saturated rings. The molecular weight excluding hydrogens is 205 g/mol. The molecule has 1 aromatic carbocycles. The topological polar surface area (TPSA) is 29.1 Å². The van der Waals surface area contributed by atoms with E-state index < -0.39 is 5.91 Å². The minimum absolute atomic E-state index is 0.342. The first kappa shape index (κ1) is 12.4. The highest BCUT2D eigenvalue weighted by atomic mass is 19.2. The minimum Gasteiger partial charge on any atom is -0.272 e. The first-order valence-electron chi connectivity index (χ1n) is 5.27. The lowest BCUT2D eigenvalue weighted by Crippen LogP contribution is -2.21. The van der Waals surface area contributed by atoms with Crippen molar-refractivity contribution in [1.82, 2.24) is 5.54 Å². The van der Waals surface area contributed by atoms with Crippen molar-refractivity contribution in [3.8, 4) is 0 Å². The van der Waals surface area contributed by atoms with Gasteiger partial charge in [-0.2, -0.15) is 5.54 Å². The van der Waals surface area contributed by atoms with Gasteiger partial charge in [0.15, 0.2) is 0 Å². The maximum Gasteiger partial charge on any atom is 0.250 e. The van der Waals surface area contributed by atoms with Crippen LogP contribution in [0.1, 0.15) is 24.5 Å². The Kier molecular flexibility index (Phi) is 4.70. The Morgan fingerprint density at radius 2 is 2.31 bits per heavy atom. The number of halogens is 1. The summed E-state index contributed by atoms with van der Waals surface area (Å²) in [5, 5.41) is 0. The van der Waals surface area contributed by atoms with Crippen LogP contribution in [-0.2, 0) is 4.79 Å². The van der Waals surface area contributed by atoms with Gasteiger partial charge in [0.2, 0.25) is 0 Å². The largest absolute Gasteiger partial charge is 0.272 e. The van der Waals surface area contributed by atoms with Crippen molar-refractivity contribution in [2.75, 3.05) is 0 Å². The van der Waals surface area contributed by atoms with Crippen LogP contribution in [0.2, 0.25) is 0 Å². The molecule has 2 nitrogen and oxygen atoms in total. The van der Waals surface area contributed by atoms with Crippen LogP contribution in [0, 0.1) is 12.8 Å². The van der Waals surface area contributed by atoms with E-state index in [1.165, 1.54) is 5.56 Å². The maximum atomic E-state index is 11.8. The number of carbonyl (C=O) groups excluding carboxylic acids is 1. The summed E-state index contributed by atoms with van der Waals surface area (Å²) < 4.78 is 11.8. The average molecular weight is 221 g/mol. The number of allylic oxidation sites excluding steroid dienone is 1. The molecule has 0 aliphatic heterocycles. The summed E-state index contributed by atoms with van der Waals surface area (Å²) in [6, 6.07) is 8.04. The van der Waals surface area contributed by atoms with E-state index in [1.54, 1.807) is 6.92 Å². The van der Waals surface area contributed by atoms with E-state index in [1.807, 2.05) is 37.3 Å².